The average Bonchev–Trinajstić information content (AvgIpc) is 1.95. The number of Topliss-reactive ketones (excluding diaryl/α,β-unsaturated/α-hetero) is 1. The molecule has 10 heavy (non-hydrogen) atoms. The van der Waals surface area contributed by atoms with Gasteiger partial charge in [-0.3, -0.25) is 4.79 Å². The second-order valence-corrected chi connectivity index (χ2v) is 3.05. The van der Waals surface area contributed by atoms with Crippen molar-refractivity contribution in [2.75, 3.05) is 7.11 Å². The number of hydrogen-bond donors (Lipinski definition) is 0. The minimum absolute atomic E-state index is 0.0513. The third kappa shape index (κ3) is 1.50. The molecular weight excluding hydrogens is 152 g/mol. The number of carbonyl (C=O) groups is 1. The largest absolute Gasteiger partial charge is 0.374 e. The summed E-state index contributed by atoms with van der Waals surface area (Å²) in [5.41, 5.74) is 0. The topological polar surface area (TPSA) is 26.3 Å². The Bertz CT molecular complexity index is 136. The Hall–Kier alpha value is -0.0800. The third-order valence-electron chi connectivity index (χ3n) is 1.83. The molecule has 2 atom stereocenters. The molecule has 2 unspecified atom stereocenters. The summed E-state index contributed by atoms with van der Waals surface area (Å²) in [7, 11) is 1.55. The van der Waals surface area contributed by atoms with E-state index in [-0.39, 0.29) is 17.3 Å². The van der Waals surface area contributed by atoms with Gasteiger partial charge >= 0.3 is 0 Å². The predicted octanol–water partition coefficient (Wildman–Crippen LogP) is 1.36. The lowest BCUT2D eigenvalue weighted by Gasteiger charge is -2.22. The quantitative estimate of drug-likeness (QED) is 0.545. The fourth-order valence-corrected chi connectivity index (χ4v) is 1.50. The number of halogens is 1. The zero-order chi connectivity index (χ0) is 7.56. The van der Waals surface area contributed by atoms with Crippen LogP contribution in [0.15, 0.2) is 0 Å². The van der Waals surface area contributed by atoms with Crippen LogP contribution in [0.2, 0.25) is 0 Å². The molecule has 0 N–H and O–H groups in total. The first-order valence-electron chi connectivity index (χ1n) is 3.46. The average molecular weight is 163 g/mol. The monoisotopic (exact) mass is 162 g/mol. The minimum atomic E-state index is -0.307. The summed E-state index contributed by atoms with van der Waals surface area (Å²) in [5.74, 6) is 0.0513. The van der Waals surface area contributed by atoms with Crippen molar-refractivity contribution in [3.05, 3.63) is 0 Å². The maximum Gasteiger partial charge on any atom is 0.179 e. The second kappa shape index (κ2) is 3.35. The Balaban J connectivity index is 2.51. The van der Waals surface area contributed by atoms with E-state index in [1.165, 1.54) is 0 Å². The summed E-state index contributed by atoms with van der Waals surface area (Å²) in [5, 5.41) is -0.307. The lowest BCUT2D eigenvalue weighted by atomic mass is 9.96. The van der Waals surface area contributed by atoms with Crippen LogP contribution in [0.1, 0.15) is 19.3 Å². The number of methoxy groups -OCH3 is 1. The molecule has 0 aromatic heterocycles. The van der Waals surface area contributed by atoms with Gasteiger partial charge in [0.15, 0.2) is 5.78 Å². The van der Waals surface area contributed by atoms with Crippen molar-refractivity contribution in [3.8, 4) is 0 Å². The minimum Gasteiger partial charge on any atom is -0.374 e. The van der Waals surface area contributed by atoms with Crippen molar-refractivity contribution in [2.24, 2.45) is 0 Å². The van der Waals surface area contributed by atoms with Gasteiger partial charge in [0, 0.05) is 7.11 Å². The van der Waals surface area contributed by atoms with E-state index in [1.807, 2.05) is 0 Å². The van der Waals surface area contributed by atoms with E-state index >= 15 is 0 Å². The molecule has 0 saturated heterocycles. The fourth-order valence-electron chi connectivity index (χ4n) is 1.20. The first kappa shape index (κ1) is 8.02. The van der Waals surface area contributed by atoms with Gasteiger partial charge in [-0.1, -0.05) is 0 Å². The van der Waals surface area contributed by atoms with Crippen LogP contribution in [0.4, 0.5) is 0 Å². The Morgan fingerprint density at radius 3 is 2.80 bits per heavy atom. The SMILES string of the molecule is COC1CCCC(Cl)C1=O. The molecule has 3 heteroatoms. The highest BCUT2D eigenvalue weighted by molar-refractivity contribution is 6.31. The molecule has 0 bridgehead atoms. The zero-order valence-electron chi connectivity index (χ0n) is 5.97. The molecular formula is C7H11ClO2. The smallest absolute Gasteiger partial charge is 0.179 e. The molecule has 0 amide bonds. The zero-order valence-corrected chi connectivity index (χ0v) is 6.73. The highest BCUT2D eigenvalue weighted by atomic mass is 35.5. The molecule has 58 valence electrons. The van der Waals surface area contributed by atoms with Crippen LogP contribution in [-0.4, -0.2) is 24.4 Å². The summed E-state index contributed by atoms with van der Waals surface area (Å²) in [6.45, 7) is 0. The maximum atomic E-state index is 11.1. The maximum absolute atomic E-state index is 11.1. The number of rotatable bonds is 1. The van der Waals surface area contributed by atoms with Gasteiger partial charge in [0.05, 0.1) is 5.38 Å². The van der Waals surface area contributed by atoms with Gasteiger partial charge < -0.3 is 4.74 Å². The van der Waals surface area contributed by atoms with E-state index < -0.39 is 0 Å². The van der Waals surface area contributed by atoms with Gasteiger partial charge in [-0.2, -0.15) is 0 Å². The Morgan fingerprint density at radius 1 is 1.60 bits per heavy atom. The summed E-state index contributed by atoms with van der Waals surface area (Å²) in [6.07, 6.45) is 2.40. The van der Waals surface area contributed by atoms with Crippen molar-refractivity contribution in [3.63, 3.8) is 0 Å². The molecule has 0 aromatic rings. The van der Waals surface area contributed by atoms with E-state index in [1.54, 1.807) is 7.11 Å². The molecule has 1 rings (SSSR count). The lowest BCUT2D eigenvalue weighted by molar-refractivity contribution is -0.130. The molecule has 0 aromatic carbocycles. The standard InChI is InChI=1S/C7H11ClO2/c1-10-6-4-2-3-5(8)7(6)9/h5-6H,2-4H2,1H3. The molecule has 0 aliphatic heterocycles. The summed E-state index contributed by atoms with van der Waals surface area (Å²) >= 11 is 5.71. The van der Waals surface area contributed by atoms with Crippen molar-refractivity contribution >= 4 is 17.4 Å². The van der Waals surface area contributed by atoms with E-state index in [0.717, 1.165) is 19.3 Å². The van der Waals surface area contributed by atoms with Gasteiger partial charge in [0.1, 0.15) is 6.10 Å². The third-order valence-corrected chi connectivity index (χ3v) is 2.27. The number of carbonyl (C=O) groups excluding carboxylic acids is 1. The van der Waals surface area contributed by atoms with Crippen LogP contribution in [0.5, 0.6) is 0 Å². The Morgan fingerprint density at radius 2 is 2.30 bits per heavy atom. The normalized spacial score (nSPS) is 34.4. The van der Waals surface area contributed by atoms with E-state index in [9.17, 15) is 4.79 Å². The lowest BCUT2D eigenvalue weighted by Crippen LogP contribution is -2.34. The molecule has 1 saturated carbocycles. The van der Waals surface area contributed by atoms with Crippen LogP contribution in [0, 0.1) is 0 Å². The molecule has 0 heterocycles. The molecule has 0 radical (unpaired) electrons. The van der Waals surface area contributed by atoms with Crippen LogP contribution in [0.3, 0.4) is 0 Å². The highest BCUT2D eigenvalue weighted by Gasteiger charge is 2.29. The number of ether oxygens (including phenoxy) is 1. The van der Waals surface area contributed by atoms with Crippen LogP contribution >= 0.6 is 11.6 Å². The molecule has 2 nitrogen and oxygen atoms in total. The van der Waals surface area contributed by atoms with Gasteiger partial charge in [0.25, 0.3) is 0 Å². The van der Waals surface area contributed by atoms with Gasteiger partial charge in [-0.25, -0.2) is 0 Å². The highest BCUT2D eigenvalue weighted by Crippen LogP contribution is 2.21. The van der Waals surface area contributed by atoms with Crippen molar-refractivity contribution < 1.29 is 9.53 Å². The Labute approximate surface area is 65.5 Å². The van der Waals surface area contributed by atoms with Crippen molar-refractivity contribution in [1.29, 1.82) is 0 Å². The first-order chi connectivity index (χ1) is 4.75. The summed E-state index contributed by atoms with van der Waals surface area (Å²) in [4.78, 5) is 11.1. The Kier molecular flexibility index (Phi) is 2.69. The van der Waals surface area contributed by atoms with Gasteiger partial charge in [0.2, 0.25) is 0 Å². The van der Waals surface area contributed by atoms with Gasteiger partial charge in [-0.15, -0.1) is 11.6 Å². The van der Waals surface area contributed by atoms with Gasteiger partial charge in [-0.05, 0) is 19.3 Å². The number of hydrogen-bond acceptors (Lipinski definition) is 2. The molecule has 1 aliphatic rings. The van der Waals surface area contributed by atoms with Crippen LogP contribution in [-0.2, 0) is 9.53 Å². The van der Waals surface area contributed by atoms with Crippen molar-refractivity contribution in [2.45, 2.75) is 30.7 Å². The molecule has 1 fully saturated rings. The van der Waals surface area contributed by atoms with E-state index in [4.69, 9.17) is 16.3 Å². The molecule has 1 aliphatic carbocycles. The predicted molar refractivity (Wildman–Crippen MR) is 39.3 cm³/mol. The summed E-state index contributed by atoms with van der Waals surface area (Å²) < 4.78 is 4.94. The van der Waals surface area contributed by atoms with Crippen LogP contribution < -0.4 is 0 Å². The second-order valence-electron chi connectivity index (χ2n) is 2.53. The fraction of sp³-hybridized carbons (Fsp3) is 0.857. The summed E-state index contributed by atoms with van der Waals surface area (Å²) in [6, 6.07) is 0. The number of ketones is 1. The molecule has 0 spiro atoms. The van der Waals surface area contributed by atoms with E-state index in [0.29, 0.717) is 0 Å². The number of alkyl halides is 1. The van der Waals surface area contributed by atoms with E-state index in [2.05, 4.69) is 0 Å². The van der Waals surface area contributed by atoms with Crippen LogP contribution in [0.25, 0.3) is 0 Å². The van der Waals surface area contributed by atoms with Crippen molar-refractivity contribution in [1.82, 2.24) is 0 Å². The first-order valence-corrected chi connectivity index (χ1v) is 3.90.